The van der Waals surface area contributed by atoms with E-state index in [4.69, 9.17) is 0 Å². The molecule has 20 heavy (non-hydrogen) atoms. The molecule has 6 nitrogen and oxygen atoms in total. The molecule has 0 bridgehead atoms. The summed E-state index contributed by atoms with van der Waals surface area (Å²) in [6.07, 6.45) is 8.24. The van der Waals surface area contributed by atoms with Crippen molar-refractivity contribution in [1.82, 2.24) is 24.8 Å². The van der Waals surface area contributed by atoms with E-state index in [1.54, 1.807) is 17.1 Å². The minimum atomic E-state index is 0.169. The highest BCUT2D eigenvalue weighted by molar-refractivity contribution is 5.76. The van der Waals surface area contributed by atoms with Crippen molar-refractivity contribution < 1.29 is 4.79 Å². The summed E-state index contributed by atoms with van der Waals surface area (Å²) in [5.41, 5.74) is 0.323. The van der Waals surface area contributed by atoms with Gasteiger partial charge in [0.2, 0.25) is 5.91 Å². The molecule has 0 radical (unpaired) electrons. The van der Waals surface area contributed by atoms with Gasteiger partial charge >= 0.3 is 0 Å². The van der Waals surface area contributed by atoms with Crippen molar-refractivity contribution in [1.29, 1.82) is 0 Å². The molecule has 1 spiro atoms. The van der Waals surface area contributed by atoms with Crippen LogP contribution in [0.15, 0.2) is 12.4 Å². The molecule has 0 aliphatic carbocycles. The number of hydrogen-bond donors (Lipinski definition) is 0. The van der Waals surface area contributed by atoms with Crippen LogP contribution in [-0.2, 0) is 11.3 Å². The van der Waals surface area contributed by atoms with Crippen LogP contribution in [0, 0.1) is 5.41 Å². The quantitative estimate of drug-likeness (QED) is 0.795. The number of hydrogen-bond acceptors (Lipinski definition) is 4. The zero-order valence-electron chi connectivity index (χ0n) is 12.2. The fraction of sp³-hybridized carbons (Fsp3) is 0.786. The van der Waals surface area contributed by atoms with Crippen LogP contribution < -0.4 is 0 Å². The summed E-state index contributed by atoms with van der Waals surface area (Å²) < 4.78 is 1.61. The van der Waals surface area contributed by atoms with Gasteiger partial charge < -0.3 is 9.80 Å². The van der Waals surface area contributed by atoms with Crippen LogP contribution in [0.1, 0.15) is 25.7 Å². The Morgan fingerprint density at radius 3 is 2.75 bits per heavy atom. The zero-order valence-corrected chi connectivity index (χ0v) is 12.2. The number of amides is 1. The van der Waals surface area contributed by atoms with Crippen LogP contribution in [-0.4, -0.2) is 63.9 Å². The van der Waals surface area contributed by atoms with E-state index in [0.717, 1.165) is 26.1 Å². The Morgan fingerprint density at radius 2 is 2.05 bits per heavy atom. The van der Waals surface area contributed by atoms with E-state index in [-0.39, 0.29) is 5.91 Å². The Hall–Kier alpha value is -1.43. The van der Waals surface area contributed by atoms with Crippen molar-refractivity contribution in [3.8, 4) is 0 Å². The average Bonchev–Trinajstić information content (AvgIpc) is 2.91. The highest BCUT2D eigenvalue weighted by Gasteiger charge is 2.39. The first-order chi connectivity index (χ1) is 9.67. The molecule has 2 aliphatic rings. The molecule has 6 heteroatoms. The summed E-state index contributed by atoms with van der Waals surface area (Å²) in [5.74, 6) is 0.169. The van der Waals surface area contributed by atoms with Gasteiger partial charge in [0.15, 0.2) is 0 Å². The third kappa shape index (κ3) is 2.85. The molecule has 3 heterocycles. The van der Waals surface area contributed by atoms with E-state index < -0.39 is 0 Å². The fourth-order valence-electron chi connectivity index (χ4n) is 3.76. The lowest BCUT2D eigenvalue weighted by molar-refractivity contribution is -0.136. The maximum absolute atomic E-state index is 12.4. The van der Waals surface area contributed by atoms with Gasteiger partial charge in [0, 0.05) is 31.2 Å². The molecule has 1 unspecified atom stereocenters. The Labute approximate surface area is 119 Å². The summed E-state index contributed by atoms with van der Waals surface area (Å²) in [4.78, 5) is 16.8. The van der Waals surface area contributed by atoms with E-state index in [1.807, 2.05) is 4.90 Å². The van der Waals surface area contributed by atoms with E-state index in [0.29, 0.717) is 12.0 Å². The molecule has 3 rings (SSSR count). The van der Waals surface area contributed by atoms with E-state index in [9.17, 15) is 4.79 Å². The van der Waals surface area contributed by atoms with Gasteiger partial charge in [-0.2, -0.15) is 0 Å². The van der Waals surface area contributed by atoms with Gasteiger partial charge in [-0.1, -0.05) is 5.21 Å². The summed E-state index contributed by atoms with van der Waals surface area (Å²) in [6, 6.07) is 0. The Morgan fingerprint density at radius 1 is 1.25 bits per heavy atom. The lowest BCUT2D eigenvalue weighted by atomic mass is 9.74. The van der Waals surface area contributed by atoms with Crippen molar-refractivity contribution in [3.05, 3.63) is 12.4 Å². The first-order valence-electron chi connectivity index (χ1n) is 7.47. The maximum atomic E-state index is 12.4. The summed E-state index contributed by atoms with van der Waals surface area (Å²) >= 11 is 0. The highest BCUT2D eigenvalue weighted by Crippen LogP contribution is 2.38. The molecular formula is C14H23N5O. The van der Waals surface area contributed by atoms with Gasteiger partial charge in [0.1, 0.15) is 6.54 Å². The van der Waals surface area contributed by atoms with Crippen LogP contribution in [0.25, 0.3) is 0 Å². The second-order valence-electron chi connectivity index (χ2n) is 6.36. The van der Waals surface area contributed by atoms with E-state index in [2.05, 4.69) is 22.3 Å². The molecular weight excluding hydrogens is 254 g/mol. The monoisotopic (exact) mass is 277 g/mol. The third-order valence-electron chi connectivity index (χ3n) is 4.64. The summed E-state index contributed by atoms with van der Waals surface area (Å²) in [7, 11) is 2.19. The fourth-order valence-corrected chi connectivity index (χ4v) is 3.76. The van der Waals surface area contributed by atoms with Gasteiger partial charge in [-0.15, -0.1) is 5.10 Å². The van der Waals surface area contributed by atoms with E-state index in [1.165, 1.54) is 25.8 Å². The first-order valence-corrected chi connectivity index (χ1v) is 7.47. The van der Waals surface area contributed by atoms with Crippen LogP contribution in [0.5, 0.6) is 0 Å². The summed E-state index contributed by atoms with van der Waals surface area (Å²) in [5, 5.41) is 7.63. The number of carbonyl (C=O) groups excluding carboxylic acids is 1. The third-order valence-corrected chi connectivity index (χ3v) is 4.64. The lowest BCUT2D eigenvalue weighted by Gasteiger charge is -2.47. The molecule has 1 aromatic heterocycles. The van der Waals surface area contributed by atoms with Crippen molar-refractivity contribution in [2.24, 2.45) is 5.41 Å². The molecule has 1 aromatic rings. The highest BCUT2D eigenvalue weighted by atomic mass is 16.2. The SMILES string of the molecule is CN1CCCC2(CCCN(C(=O)Cn3ccnn3)C2)C1. The second-order valence-corrected chi connectivity index (χ2v) is 6.36. The lowest BCUT2D eigenvalue weighted by Crippen LogP contribution is -2.53. The molecule has 2 saturated heterocycles. The van der Waals surface area contributed by atoms with Crippen LogP contribution in [0.4, 0.5) is 0 Å². The predicted molar refractivity (Wildman–Crippen MR) is 75.0 cm³/mol. The number of likely N-dealkylation sites (tertiary alicyclic amines) is 2. The molecule has 1 amide bonds. The number of aromatic nitrogens is 3. The Kier molecular flexibility index (Phi) is 3.74. The average molecular weight is 277 g/mol. The van der Waals surface area contributed by atoms with Gasteiger partial charge in [0.05, 0.1) is 6.20 Å². The van der Waals surface area contributed by atoms with Crippen LogP contribution in [0.2, 0.25) is 0 Å². The number of carbonyl (C=O) groups is 1. The van der Waals surface area contributed by atoms with Crippen molar-refractivity contribution >= 4 is 5.91 Å². The second kappa shape index (κ2) is 5.52. The molecule has 2 aliphatic heterocycles. The molecule has 0 N–H and O–H groups in total. The Balaban J connectivity index is 1.64. The minimum absolute atomic E-state index is 0.169. The van der Waals surface area contributed by atoms with Gasteiger partial charge in [0.25, 0.3) is 0 Å². The smallest absolute Gasteiger partial charge is 0.244 e. The topological polar surface area (TPSA) is 54.3 Å². The normalized spacial score (nSPS) is 27.9. The number of nitrogens with zero attached hydrogens (tertiary/aromatic N) is 5. The maximum Gasteiger partial charge on any atom is 0.244 e. The van der Waals surface area contributed by atoms with Gasteiger partial charge in [-0.25, -0.2) is 4.68 Å². The largest absolute Gasteiger partial charge is 0.340 e. The standard InChI is InChI=1S/C14H23N5O/c1-17-7-2-4-14(11-17)5-3-8-18(12-14)13(20)10-19-9-6-15-16-19/h6,9H,2-5,7-8,10-12H2,1H3. The van der Waals surface area contributed by atoms with Crippen LogP contribution >= 0.6 is 0 Å². The van der Waals surface area contributed by atoms with E-state index >= 15 is 0 Å². The first kappa shape index (κ1) is 13.5. The zero-order chi connectivity index (χ0) is 14.0. The number of piperidine rings is 2. The predicted octanol–water partition coefficient (Wildman–Crippen LogP) is 0.612. The molecule has 2 fully saturated rings. The Bertz CT molecular complexity index is 456. The number of rotatable bonds is 2. The molecule has 110 valence electrons. The molecule has 0 aromatic carbocycles. The summed E-state index contributed by atoms with van der Waals surface area (Å²) in [6.45, 7) is 4.42. The van der Waals surface area contributed by atoms with Crippen molar-refractivity contribution in [3.63, 3.8) is 0 Å². The molecule has 0 saturated carbocycles. The van der Waals surface area contributed by atoms with Crippen molar-refractivity contribution in [2.45, 2.75) is 32.2 Å². The van der Waals surface area contributed by atoms with Crippen molar-refractivity contribution in [2.75, 3.05) is 33.2 Å². The van der Waals surface area contributed by atoms with Crippen LogP contribution in [0.3, 0.4) is 0 Å². The van der Waals surface area contributed by atoms with Gasteiger partial charge in [-0.05, 0) is 39.3 Å². The minimum Gasteiger partial charge on any atom is -0.340 e. The molecule has 1 atom stereocenters. The van der Waals surface area contributed by atoms with Gasteiger partial charge in [-0.3, -0.25) is 4.79 Å².